The highest BCUT2D eigenvalue weighted by atomic mass is 19.1. The van der Waals surface area contributed by atoms with Crippen molar-refractivity contribution in [1.29, 1.82) is 0 Å². The smallest absolute Gasteiger partial charge is 0.166 e. The van der Waals surface area contributed by atoms with Gasteiger partial charge in [-0.1, -0.05) is 48.5 Å². The highest BCUT2D eigenvalue weighted by molar-refractivity contribution is 5.98. The van der Waals surface area contributed by atoms with E-state index in [0.29, 0.717) is 18.4 Å². The molecule has 0 aliphatic carbocycles. The number of Topliss-reactive ketones (excluding diaryl/α,β-unsaturated/α-hetero) is 1. The Kier molecular flexibility index (Phi) is 4.83. The molecule has 2 heteroatoms. The van der Waals surface area contributed by atoms with Crippen LogP contribution in [-0.2, 0) is 6.42 Å². The molecule has 0 aliphatic heterocycles. The number of hydrogen-bond donors (Lipinski definition) is 0. The lowest BCUT2D eigenvalue weighted by molar-refractivity contribution is 0.0920. The minimum atomic E-state index is -0.261. The quantitative estimate of drug-likeness (QED) is 0.559. The summed E-state index contributed by atoms with van der Waals surface area (Å²) in [5.74, 6) is -0.307. The second kappa shape index (κ2) is 6.80. The maximum atomic E-state index is 12.9. The molecule has 0 aliphatic rings. The number of allylic oxidation sites excluding steroid dienone is 1. The van der Waals surface area contributed by atoms with Gasteiger partial charge in [0.1, 0.15) is 5.82 Å². The first-order chi connectivity index (χ1) is 9.70. The summed E-state index contributed by atoms with van der Waals surface area (Å²) in [5, 5.41) is 0. The van der Waals surface area contributed by atoms with E-state index in [9.17, 15) is 9.18 Å². The van der Waals surface area contributed by atoms with Crippen LogP contribution in [0.4, 0.5) is 4.39 Å². The molecule has 102 valence electrons. The Morgan fingerprint density at radius 3 is 2.35 bits per heavy atom. The molecule has 20 heavy (non-hydrogen) atoms. The summed E-state index contributed by atoms with van der Waals surface area (Å²) < 4.78 is 12.9. The van der Waals surface area contributed by atoms with Gasteiger partial charge in [0.2, 0.25) is 0 Å². The zero-order chi connectivity index (χ0) is 14.4. The minimum Gasteiger partial charge on any atom is -0.294 e. The molecule has 0 saturated carbocycles. The van der Waals surface area contributed by atoms with Crippen molar-refractivity contribution >= 4 is 5.78 Å². The summed E-state index contributed by atoms with van der Waals surface area (Å²) in [6, 6.07) is 15.5. The minimum absolute atomic E-state index is 0.106. The van der Waals surface area contributed by atoms with Gasteiger partial charge in [-0.25, -0.2) is 4.39 Å². The largest absolute Gasteiger partial charge is 0.294 e. The molecule has 0 saturated heterocycles. The standard InChI is InChI=1S/C18H17FO/c1-2-6-16(13-14-9-11-17(19)12-10-14)18(20)15-7-4-3-5-8-15/h2-5,7-12,16H,1,6,13H2. The van der Waals surface area contributed by atoms with Crippen LogP contribution in [0.25, 0.3) is 0 Å². The van der Waals surface area contributed by atoms with E-state index in [1.54, 1.807) is 18.2 Å². The fraction of sp³-hybridized carbons (Fsp3) is 0.167. The molecular weight excluding hydrogens is 251 g/mol. The predicted molar refractivity (Wildman–Crippen MR) is 79.2 cm³/mol. The van der Waals surface area contributed by atoms with Crippen molar-refractivity contribution < 1.29 is 9.18 Å². The van der Waals surface area contributed by atoms with Gasteiger partial charge in [0.05, 0.1) is 0 Å². The van der Waals surface area contributed by atoms with Crippen LogP contribution < -0.4 is 0 Å². The summed E-state index contributed by atoms with van der Waals surface area (Å²) in [6.45, 7) is 3.72. The predicted octanol–water partition coefficient (Wildman–Crippen LogP) is 4.44. The van der Waals surface area contributed by atoms with Crippen molar-refractivity contribution in [3.8, 4) is 0 Å². The third-order valence-corrected chi connectivity index (χ3v) is 3.28. The number of hydrogen-bond acceptors (Lipinski definition) is 1. The fourth-order valence-electron chi connectivity index (χ4n) is 2.23. The van der Waals surface area contributed by atoms with Crippen LogP contribution in [0.2, 0.25) is 0 Å². The Balaban J connectivity index is 2.16. The van der Waals surface area contributed by atoms with Crippen LogP contribution in [0, 0.1) is 11.7 Å². The lowest BCUT2D eigenvalue weighted by Gasteiger charge is -2.14. The summed E-state index contributed by atoms with van der Waals surface area (Å²) in [4.78, 5) is 12.5. The van der Waals surface area contributed by atoms with Gasteiger partial charge in [0, 0.05) is 11.5 Å². The van der Waals surface area contributed by atoms with Crippen LogP contribution >= 0.6 is 0 Å². The summed E-state index contributed by atoms with van der Waals surface area (Å²) in [5.41, 5.74) is 1.67. The van der Waals surface area contributed by atoms with Gasteiger partial charge in [-0.05, 0) is 30.5 Å². The molecule has 0 heterocycles. The highest BCUT2D eigenvalue weighted by Crippen LogP contribution is 2.19. The first-order valence-corrected chi connectivity index (χ1v) is 6.65. The molecule has 2 aromatic carbocycles. The molecule has 2 rings (SSSR count). The highest BCUT2D eigenvalue weighted by Gasteiger charge is 2.19. The average molecular weight is 268 g/mol. The Bertz CT molecular complexity index is 572. The lowest BCUT2D eigenvalue weighted by atomic mass is 9.89. The van der Waals surface area contributed by atoms with Gasteiger partial charge in [0.25, 0.3) is 0 Å². The Hall–Kier alpha value is -2.22. The maximum absolute atomic E-state index is 12.9. The Labute approximate surface area is 118 Å². The third kappa shape index (κ3) is 3.64. The third-order valence-electron chi connectivity index (χ3n) is 3.28. The van der Waals surface area contributed by atoms with E-state index in [2.05, 4.69) is 6.58 Å². The molecule has 0 N–H and O–H groups in total. The second-order valence-corrected chi connectivity index (χ2v) is 4.78. The second-order valence-electron chi connectivity index (χ2n) is 4.78. The van der Waals surface area contributed by atoms with Crippen molar-refractivity contribution in [2.24, 2.45) is 5.92 Å². The van der Waals surface area contributed by atoms with Gasteiger partial charge in [-0.15, -0.1) is 6.58 Å². The van der Waals surface area contributed by atoms with E-state index in [1.807, 2.05) is 30.3 Å². The van der Waals surface area contributed by atoms with Crippen molar-refractivity contribution in [2.75, 3.05) is 0 Å². The first kappa shape index (κ1) is 14.2. The van der Waals surface area contributed by atoms with Gasteiger partial charge >= 0.3 is 0 Å². The summed E-state index contributed by atoms with van der Waals surface area (Å²) in [6.07, 6.45) is 2.97. The van der Waals surface area contributed by atoms with Crippen LogP contribution in [0.15, 0.2) is 67.3 Å². The molecule has 2 aromatic rings. The van der Waals surface area contributed by atoms with Crippen molar-refractivity contribution in [1.82, 2.24) is 0 Å². The molecule has 0 amide bonds. The van der Waals surface area contributed by atoms with E-state index >= 15 is 0 Å². The number of benzene rings is 2. The van der Waals surface area contributed by atoms with Gasteiger partial charge < -0.3 is 0 Å². The first-order valence-electron chi connectivity index (χ1n) is 6.65. The Morgan fingerprint density at radius 2 is 1.75 bits per heavy atom. The molecule has 0 spiro atoms. The van der Waals surface area contributed by atoms with Crippen LogP contribution in [-0.4, -0.2) is 5.78 Å². The number of ketones is 1. The molecule has 0 fully saturated rings. The molecule has 1 atom stereocenters. The van der Waals surface area contributed by atoms with Crippen LogP contribution in [0.1, 0.15) is 22.3 Å². The lowest BCUT2D eigenvalue weighted by Crippen LogP contribution is -2.17. The van der Waals surface area contributed by atoms with Crippen molar-refractivity contribution in [3.05, 3.63) is 84.2 Å². The average Bonchev–Trinajstić information content (AvgIpc) is 2.49. The van der Waals surface area contributed by atoms with E-state index in [1.165, 1.54) is 12.1 Å². The number of carbonyl (C=O) groups is 1. The number of rotatable bonds is 6. The molecule has 1 nitrogen and oxygen atoms in total. The zero-order valence-electron chi connectivity index (χ0n) is 11.3. The molecular formula is C18H17FO. The molecule has 0 aromatic heterocycles. The van der Waals surface area contributed by atoms with E-state index < -0.39 is 0 Å². The van der Waals surface area contributed by atoms with E-state index in [4.69, 9.17) is 0 Å². The Morgan fingerprint density at radius 1 is 1.10 bits per heavy atom. The topological polar surface area (TPSA) is 17.1 Å². The van der Waals surface area contributed by atoms with Gasteiger partial charge in [-0.2, -0.15) is 0 Å². The van der Waals surface area contributed by atoms with Gasteiger partial charge in [-0.3, -0.25) is 4.79 Å². The van der Waals surface area contributed by atoms with Crippen molar-refractivity contribution in [3.63, 3.8) is 0 Å². The number of halogens is 1. The van der Waals surface area contributed by atoms with Crippen molar-refractivity contribution in [2.45, 2.75) is 12.8 Å². The van der Waals surface area contributed by atoms with Crippen LogP contribution in [0.5, 0.6) is 0 Å². The normalized spacial score (nSPS) is 11.8. The van der Waals surface area contributed by atoms with E-state index in [0.717, 1.165) is 5.56 Å². The maximum Gasteiger partial charge on any atom is 0.166 e. The summed E-state index contributed by atoms with van der Waals surface area (Å²) >= 11 is 0. The SMILES string of the molecule is C=CCC(Cc1ccc(F)cc1)C(=O)c1ccccc1. The van der Waals surface area contributed by atoms with Crippen LogP contribution in [0.3, 0.4) is 0 Å². The molecule has 0 bridgehead atoms. The monoisotopic (exact) mass is 268 g/mol. The number of carbonyl (C=O) groups excluding carboxylic acids is 1. The van der Waals surface area contributed by atoms with E-state index in [-0.39, 0.29) is 17.5 Å². The summed E-state index contributed by atoms with van der Waals surface area (Å²) in [7, 11) is 0. The molecule has 1 unspecified atom stereocenters. The van der Waals surface area contributed by atoms with Gasteiger partial charge in [0.15, 0.2) is 5.78 Å². The zero-order valence-corrected chi connectivity index (χ0v) is 11.3. The fourth-order valence-corrected chi connectivity index (χ4v) is 2.23. The molecule has 0 radical (unpaired) electrons.